The number of unbranched alkanes of at least 4 members (excludes halogenated alkanes) is 2. The number of aromatic hydroxyl groups is 1. The van der Waals surface area contributed by atoms with Crippen LogP contribution in [0.5, 0.6) is 5.75 Å². The van der Waals surface area contributed by atoms with Gasteiger partial charge in [0.2, 0.25) is 0 Å². The standard InChI is InChI=1S/C25H38O/c1-8-9-10-11-19-15-22(25(5,6)7)24(23(26)16-19)21-14-18(4)12-13-20(21)17(2)3/h14-16,20-21,26H,2,8-13H2,1,3-7H3/t20-,21+/m0/s1. The third kappa shape index (κ3) is 4.81. The smallest absolute Gasteiger partial charge is 0.119 e. The molecule has 0 bridgehead atoms. The van der Waals surface area contributed by atoms with Crippen LogP contribution < -0.4 is 0 Å². The van der Waals surface area contributed by atoms with Crippen molar-refractivity contribution in [1.82, 2.24) is 0 Å². The van der Waals surface area contributed by atoms with Crippen LogP contribution in [-0.2, 0) is 11.8 Å². The summed E-state index contributed by atoms with van der Waals surface area (Å²) in [7, 11) is 0. The van der Waals surface area contributed by atoms with Crippen LogP contribution in [0, 0.1) is 5.92 Å². The van der Waals surface area contributed by atoms with E-state index in [1.807, 2.05) is 6.07 Å². The number of phenols is 1. The van der Waals surface area contributed by atoms with Crippen molar-refractivity contribution in [2.75, 3.05) is 0 Å². The Bertz CT molecular complexity index is 672. The van der Waals surface area contributed by atoms with Gasteiger partial charge in [-0.05, 0) is 68.1 Å². The van der Waals surface area contributed by atoms with Gasteiger partial charge in [-0.15, -0.1) is 0 Å². The highest BCUT2D eigenvalue weighted by molar-refractivity contribution is 5.51. The molecule has 1 aromatic rings. The van der Waals surface area contributed by atoms with Crippen LogP contribution in [0.15, 0.2) is 35.9 Å². The molecule has 0 aromatic heterocycles. The minimum Gasteiger partial charge on any atom is -0.508 e. The molecular weight excluding hydrogens is 316 g/mol. The highest BCUT2D eigenvalue weighted by Gasteiger charge is 2.32. The van der Waals surface area contributed by atoms with Crippen LogP contribution in [0.25, 0.3) is 0 Å². The molecule has 0 spiro atoms. The summed E-state index contributed by atoms with van der Waals surface area (Å²) in [4.78, 5) is 0. The number of rotatable bonds is 6. The first-order valence-corrected chi connectivity index (χ1v) is 10.3. The molecule has 0 amide bonds. The van der Waals surface area contributed by atoms with Crippen LogP contribution in [0.1, 0.15) is 96.3 Å². The molecule has 144 valence electrons. The van der Waals surface area contributed by atoms with E-state index in [2.05, 4.69) is 60.3 Å². The Balaban J connectivity index is 2.55. The molecule has 0 heterocycles. The highest BCUT2D eigenvalue weighted by Crippen LogP contribution is 2.46. The number of phenolic OH excluding ortho intramolecular Hbond substituents is 1. The van der Waals surface area contributed by atoms with Gasteiger partial charge in [0.15, 0.2) is 0 Å². The second kappa shape index (κ2) is 8.46. The summed E-state index contributed by atoms with van der Waals surface area (Å²) in [5, 5.41) is 11.1. The van der Waals surface area contributed by atoms with Gasteiger partial charge in [-0.2, -0.15) is 0 Å². The summed E-state index contributed by atoms with van der Waals surface area (Å²) in [5.41, 5.74) is 6.36. The van der Waals surface area contributed by atoms with E-state index in [-0.39, 0.29) is 11.3 Å². The molecular formula is C25H38O. The molecule has 0 fully saturated rings. The van der Waals surface area contributed by atoms with E-state index in [9.17, 15) is 5.11 Å². The summed E-state index contributed by atoms with van der Waals surface area (Å²) in [6, 6.07) is 4.38. The topological polar surface area (TPSA) is 20.2 Å². The zero-order chi connectivity index (χ0) is 19.5. The lowest BCUT2D eigenvalue weighted by Gasteiger charge is -2.35. The SMILES string of the molecule is C=C(C)[C@@H]1CCC(C)=C[C@H]1c1c(O)cc(CCCCC)cc1C(C)(C)C. The molecule has 0 aliphatic heterocycles. The summed E-state index contributed by atoms with van der Waals surface area (Å²) in [6.07, 6.45) is 9.35. The number of hydrogen-bond acceptors (Lipinski definition) is 1. The van der Waals surface area contributed by atoms with Crippen LogP contribution >= 0.6 is 0 Å². The van der Waals surface area contributed by atoms with Gasteiger partial charge < -0.3 is 5.11 Å². The molecule has 1 aromatic carbocycles. The average molecular weight is 355 g/mol. The molecule has 0 saturated heterocycles. The number of aryl methyl sites for hydroxylation is 1. The fourth-order valence-electron chi connectivity index (χ4n) is 4.30. The zero-order valence-corrected chi connectivity index (χ0v) is 17.8. The lowest BCUT2D eigenvalue weighted by Crippen LogP contribution is -2.22. The van der Waals surface area contributed by atoms with Crippen molar-refractivity contribution in [1.29, 1.82) is 0 Å². The van der Waals surface area contributed by atoms with Gasteiger partial charge >= 0.3 is 0 Å². The van der Waals surface area contributed by atoms with Crippen molar-refractivity contribution in [2.45, 2.75) is 91.4 Å². The van der Waals surface area contributed by atoms with Crippen LogP contribution in [-0.4, -0.2) is 5.11 Å². The Kier molecular flexibility index (Phi) is 6.77. The van der Waals surface area contributed by atoms with Crippen molar-refractivity contribution >= 4 is 0 Å². The second-order valence-electron chi connectivity index (χ2n) is 9.31. The summed E-state index contributed by atoms with van der Waals surface area (Å²) < 4.78 is 0. The predicted octanol–water partition coefficient (Wildman–Crippen LogP) is 7.44. The van der Waals surface area contributed by atoms with Crippen LogP contribution in [0.2, 0.25) is 0 Å². The van der Waals surface area contributed by atoms with E-state index >= 15 is 0 Å². The predicted molar refractivity (Wildman–Crippen MR) is 114 cm³/mol. The Hall–Kier alpha value is -1.50. The molecule has 1 aliphatic carbocycles. The average Bonchev–Trinajstić information content (AvgIpc) is 2.53. The Morgan fingerprint density at radius 1 is 1.23 bits per heavy atom. The first-order valence-electron chi connectivity index (χ1n) is 10.3. The molecule has 0 radical (unpaired) electrons. The fourth-order valence-corrected chi connectivity index (χ4v) is 4.30. The van der Waals surface area contributed by atoms with E-state index < -0.39 is 0 Å². The minimum absolute atomic E-state index is 0.00635. The lowest BCUT2D eigenvalue weighted by molar-refractivity contribution is 0.426. The van der Waals surface area contributed by atoms with Gasteiger partial charge in [0.1, 0.15) is 5.75 Å². The summed E-state index contributed by atoms with van der Waals surface area (Å²) >= 11 is 0. The molecule has 1 aliphatic rings. The Morgan fingerprint density at radius 2 is 1.92 bits per heavy atom. The van der Waals surface area contributed by atoms with Crippen LogP contribution in [0.4, 0.5) is 0 Å². The molecule has 1 nitrogen and oxygen atoms in total. The van der Waals surface area contributed by atoms with Crippen LogP contribution in [0.3, 0.4) is 0 Å². The minimum atomic E-state index is 0.00635. The maximum Gasteiger partial charge on any atom is 0.119 e. The molecule has 1 heteroatoms. The number of benzene rings is 1. The third-order valence-electron chi connectivity index (χ3n) is 5.81. The van der Waals surface area contributed by atoms with Crippen molar-refractivity contribution in [3.8, 4) is 5.75 Å². The largest absolute Gasteiger partial charge is 0.508 e. The second-order valence-corrected chi connectivity index (χ2v) is 9.31. The van der Waals surface area contributed by atoms with Crippen molar-refractivity contribution in [3.63, 3.8) is 0 Å². The molecule has 0 saturated carbocycles. The third-order valence-corrected chi connectivity index (χ3v) is 5.81. The van der Waals surface area contributed by atoms with E-state index in [0.717, 1.165) is 24.8 Å². The van der Waals surface area contributed by atoms with E-state index in [1.165, 1.54) is 41.5 Å². The van der Waals surface area contributed by atoms with Crippen molar-refractivity contribution < 1.29 is 5.11 Å². The maximum atomic E-state index is 11.1. The Morgan fingerprint density at radius 3 is 2.50 bits per heavy atom. The maximum absolute atomic E-state index is 11.1. The monoisotopic (exact) mass is 354 g/mol. The van der Waals surface area contributed by atoms with Gasteiger partial charge in [0, 0.05) is 11.5 Å². The van der Waals surface area contributed by atoms with E-state index in [1.54, 1.807) is 0 Å². The van der Waals surface area contributed by atoms with Gasteiger partial charge in [-0.3, -0.25) is 0 Å². The zero-order valence-electron chi connectivity index (χ0n) is 17.8. The first kappa shape index (κ1) is 20.8. The van der Waals surface area contributed by atoms with E-state index in [0.29, 0.717) is 11.7 Å². The fraction of sp³-hybridized carbons (Fsp3) is 0.600. The van der Waals surface area contributed by atoms with Gasteiger partial charge in [0.05, 0.1) is 0 Å². The molecule has 2 rings (SSSR count). The molecule has 26 heavy (non-hydrogen) atoms. The lowest BCUT2D eigenvalue weighted by atomic mass is 9.69. The summed E-state index contributed by atoms with van der Waals surface area (Å²) in [5.74, 6) is 1.13. The molecule has 1 N–H and O–H groups in total. The van der Waals surface area contributed by atoms with Crippen molar-refractivity contribution in [2.24, 2.45) is 5.92 Å². The van der Waals surface area contributed by atoms with Gasteiger partial charge in [-0.25, -0.2) is 0 Å². The number of allylic oxidation sites excluding steroid dienone is 3. The van der Waals surface area contributed by atoms with Gasteiger partial charge in [-0.1, -0.05) is 70.4 Å². The molecule has 2 atom stereocenters. The first-order chi connectivity index (χ1) is 12.1. The molecule has 0 unspecified atom stereocenters. The quantitative estimate of drug-likeness (QED) is 0.416. The van der Waals surface area contributed by atoms with Gasteiger partial charge in [0.25, 0.3) is 0 Å². The number of hydrogen-bond donors (Lipinski definition) is 1. The van der Waals surface area contributed by atoms with Crippen molar-refractivity contribution in [3.05, 3.63) is 52.6 Å². The highest BCUT2D eigenvalue weighted by atomic mass is 16.3. The van der Waals surface area contributed by atoms with E-state index in [4.69, 9.17) is 0 Å². The summed E-state index contributed by atoms with van der Waals surface area (Å²) in [6.45, 7) is 17.6. The normalized spacial score (nSPS) is 20.8. The Labute approximate surface area is 161 Å².